The van der Waals surface area contributed by atoms with Crippen molar-refractivity contribution in [3.63, 3.8) is 0 Å². The van der Waals surface area contributed by atoms with Crippen LogP contribution >= 0.6 is 0 Å². The van der Waals surface area contributed by atoms with Gasteiger partial charge in [-0.1, -0.05) is 0 Å². The molecular formula is C13H16F3N3O2. The summed E-state index contributed by atoms with van der Waals surface area (Å²) < 4.78 is 38.4. The van der Waals surface area contributed by atoms with Gasteiger partial charge in [0.15, 0.2) is 0 Å². The van der Waals surface area contributed by atoms with Crippen molar-refractivity contribution in [2.45, 2.75) is 19.0 Å². The molecule has 1 aromatic rings. The van der Waals surface area contributed by atoms with Gasteiger partial charge in [0.05, 0.1) is 5.56 Å². The maximum Gasteiger partial charge on any atom is 0.419 e. The molecule has 1 aromatic heterocycles. The molecule has 2 N–H and O–H groups in total. The van der Waals surface area contributed by atoms with E-state index in [9.17, 15) is 18.0 Å². The summed E-state index contributed by atoms with van der Waals surface area (Å²) in [6.45, 7) is 1.18. The zero-order chi connectivity index (χ0) is 15.5. The van der Waals surface area contributed by atoms with Crippen LogP contribution in [-0.4, -0.2) is 40.7 Å². The molecule has 1 aliphatic heterocycles. The highest BCUT2D eigenvalue weighted by Gasteiger charge is 2.34. The second-order valence-corrected chi connectivity index (χ2v) is 4.99. The van der Waals surface area contributed by atoms with Gasteiger partial charge in [0.2, 0.25) is 0 Å². The van der Waals surface area contributed by atoms with Crippen molar-refractivity contribution < 1.29 is 23.1 Å². The molecular weight excluding hydrogens is 287 g/mol. The zero-order valence-electron chi connectivity index (χ0n) is 11.2. The third kappa shape index (κ3) is 3.99. The lowest BCUT2D eigenvalue weighted by Crippen LogP contribution is -2.39. The molecule has 1 fully saturated rings. The lowest BCUT2D eigenvalue weighted by molar-refractivity contribution is -0.137. The molecule has 5 nitrogen and oxygen atoms in total. The molecule has 1 aliphatic rings. The Kier molecular flexibility index (Phi) is 4.54. The molecule has 1 saturated heterocycles. The van der Waals surface area contributed by atoms with Crippen LogP contribution in [0, 0.1) is 5.92 Å². The molecule has 0 saturated carbocycles. The Labute approximate surface area is 119 Å². The van der Waals surface area contributed by atoms with Gasteiger partial charge in [-0.15, -0.1) is 0 Å². The molecule has 0 bridgehead atoms. The van der Waals surface area contributed by atoms with Crippen LogP contribution in [0.15, 0.2) is 18.3 Å². The third-order valence-electron chi connectivity index (χ3n) is 3.56. The SMILES string of the molecule is O=C(O)N1CCC(CNc2ncccc2C(F)(F)F)CC1. The lowest BCUT2D eigenvalue weighted by atomic mass is 9.97. The summed E-state index contributed by atoms with van der Waals surface area (Å²) in [4.78, 5) is 15.8. The number of anilines is 1. The van der Waals surface area contributed by atoms with Gasteiger partial charge in [-0.2, -0.15) is 13.2 Å². The van der Waals surface area contributed by atoms with E-state index in [1.807, 2.05) is 0 Å². The number of hydrogen-bond donors (Lipinski definition) is 2. The van der Waals surface area contributed by atoms with Crippen molar-refractivity contribution in [3.05, 3.63) is 23.9 Å². The van der Waals surface area contributed by atoms with Crippen LogP contribution in [0.4, 0.5) is 23.8 Å². The molecule has 116 valence electrons. The van der Waals surface area contributed by atoms with E-state index in [2.05, 4.69) is 10.3 Å². The van der Waals surface area contributed by atoms with Crippen molar-refractivity contribution in [1.82, 2.24) is 9.88 Å². The highest BCUT2D eigenvalue weighted by atomic mass is 19.4. The normalized spacial score (nSPS) is 16.8. The quantitative estimate of drug-likeness (QED) is 0.901. The largest absolute Gasteiger partial charge is 0.465 e. The summed E-state index contributed by atoms with van der Waals surface area (Å²) in [7, 11) is 0. The number of piperidine rings is 1. The number of pyridine rings is 1. The molecule has 1 amide bonds. The molecule has 0 radical (unpaired) electrons. The molecule has 0 atom stereocenters. The molecule has 21 heavy (non-hydrogen) atoms. The highest BCUT2D eigenvalue weighted by Crippen LogP contribution is 2.33. The van der Waals surface area contributed by atoms with Crippen LogP contribution in [0.3, 0.4) is 0 Å². The smallest absolute Gasteiger partial charge is 0.419 e. The minimum Gasteiger partial charge on any atom is -0.465 e. The fraction of sp³-hybridized carbons (Fsp3) is 0.538. The number of rotatable bonds is 3. The predicted molar refractivity (Wildman–Crippen MR) is 70.1 cm³/mol. The van der Waals surface area contributed by atoms with Gasteiger partial charge in [0, 0.05) is 25.8 Å². The van der Waals surface area contributed by atoms with E-state index >= 15 is 0 Å². The number of carboxylic acid groups (broad SMARTS) is 1. The van der Waals surface area contributed by atoms with Gasteiger partial charge in [-0.3, -0.25) is 0 Å². The highest BCUT2D eigenvalue weighted by molar-refractivity contribution is 5.65. The van der Waals surface area contributed by atoms with E-state index in [0.717, 1.165) is 6.07 Å². The first-order valence-corrected chi connectivity index (χ1v) is 6.62. The van der Waals surface area contributed by atoms with Crippen molar-refractivity contribution >= 4 is 11.9 Å². The first kappa shape index (κ1) is 15.4. The third-order valence-corrected chi connectivity index (χ3v) is 3.56. The summed E-state index contributed by atoms with van der Waals surface area (Å²) in [5.74, 6) is -0.0330. The van der Waals surface area contributed by atoms with Gasteiger partial charge in [0.1, 0.15) is 5.82 Å². The summed E-state index contributed by atoms with van der Waals surface area (Å²) in [5, 5.41) is 11.6. The first-order chi connectivity index (χ1) is 9.88. The maximum absolute atomic E-state index is 12.8. The van der Waals surface area contributed by atoms with E-state index in [4.69, 9.17) is 5.11 Å². The number of aromatic nitrogens is 1. The summed E-state index contributed by atoms with van der Waals surface area (Å²) in [5.41, 5.74) is -0.784. The molecule has 0 aromatic carbocycles. The van der Waals surface area contributed by atoms with Crippen molar-refractivity contribution in [2.24, 2.45) is 5.92 Å². The average molecular weight is 303 g/mol. The standard InChI is InChI=1S/C13H16F3N3O2/c14-13(15,16)10-2-1-5-17-11(10)18-8-9-3-6-19(7-4-9)12(20)21/h1-2,5,9H,3-4,6-8H2,(H,17,18)(H,20,21). The predicted octanol–water partition coefficient (Wildman–Crippen LogP) is 2.90. The lowest BCUT2D eigenvalue weighted by Gasteiger charge is -2.30. The van der Waals surface area contributed by atoms with Crippen molar-refractivity contribution in [1.29, 1.82) is 0 Å². The number of amides is 1. The number of likely N-dealkylation sites (tertiary alicyclic amines) is 1. The van der Waals surface area contributed by atoms with Crippen LogP contribution in [-0.2, 0) is 6.18 Å². The minimum atomic E-state index is -4.44. The van der Waals surface area contributed by atoms with E-state index in [0.29, 0.717) is 32.5 Å². The van der Waals surface area contributed by atoms with Crippen LogP contribution in [0.2, 0.25) is 0 Å². The summed E-state index contributed by atoms with van der Waals surface area (Å²) in [6.07, 6.45) is -2.82. The van der Waals surface area contributed by atoms with Crippen LogP contribution in [0.1, 0.15) is 18.4 Å². The van der Waals surface area contributed by atoms with Crippen molar-refractivity contribution in [2.75, 3.05) is 25.0 Å². The number of nitrogens with zero attached hydrogens (tertiary/aromatic N) is 2. The van der Waals surface area contributed by atoms with E-state index in [1.165, 1.54) is 17.2 Å². The average Bonchev–Trinajstić information content (AvgIpc) is 2.45. The Morgan fingerprint density at radius 3 is 2.67 bits per heavy atom. The Morgan fingerprint density at radius 2 is 2.10 bits per heavy atom. The molecule has 2 rings (SSSR count). The summed E-state index contributed by atoms with van der Waals surface area (Å²) >= 11 is 0. The van der Waals surface area contributed by atoms with Gasteiger partial charge in [-0.05, 0) is 30.9 Å². The maximum atomic E-state index is 12.8. The van der Waals surface area contributed by atoms with Gasteiger partial charge >= 0.3 is 12.3 Å². The zero-order valence-corrected chi connectivity index (χ0v) is 11.2. The molecule has 2 heterocycles. The topological polar surface area (TPSA) is 65.5 Å². The Balaban J connectivity index is 1.91. The Bertz CT molecular complexity index is 500. The van der Waals surface area contributed by atoms with E-state index in [-0.39, 0.29) is 11.7 Å². The molecule has 0 aliphatic carbocycles. The second kappa shape index (κ2) is 6.19. The Hall–Kier alpha value is -1.99. The van der Waals surface area contributed by atoms with Crippen molar-refractivity contribution in [3.8, 4) is 0 Å². The van der Waals surface area contributed by atoms with Gasteiger partial charge < -0.3 is 15.3 Å². The molecule has 0 spiro atoms. The monoisotopic (exact) mass is 303 g/mol. The Morgan fingerprint density at radius 1 is 1.43 bits per heavy atom. The number of alkyl halides is 3. The van der Waals surface area contributed by atoms with E-state index in [1.54, 1.807) is 0 Å². The minimum absolute atomic E-state index is 0.142. The van der Waals surface area contributed by atoms with E-state index < -0.39 is 17.8 Å². The second-order valence-electron chi connectivity index (χ2n) is 4.99. The number of carbonyl (C=O) groups is 1. The first-order valence-electron chi connectivity index (χ1n) is 6.62. The number of halogens is 3. The van der Waals surface area contributed by atoms with Gasteiger partial charge in [-0.25, -0.2) is 9.78 Å². The van der Waals surface area contributed by atoms with Crippen LogP contribution < -0.4 is 5.32 Å². The van der Waals surface area contributed by atoms with Gasteiger partial charge in [0.25, 0.3) is 0 Å². The number of hydrogen-bond acceptors (Lipinski definition) is 3. The van der Waals surface area contributed by atoms with Crippen LogP contribution in [0.25, 0.3) is 0 Å². The fourth-order valence-corrected chi connectivity index (χ4v) is 2.34. The molecule has 0 unspecified atom stereocenters. The summed E-state index contributed by atoms with van der Waals surface area (Å²) in [6, 6.07) is 2.24. The number of nitrogens with one attached hydrogen (secondary N) is 1. The fourth-order valence-electron chi connectivity index (χ4n) is 2.34. The molecule has 8 heteroatoms. The van der Waals surface area contributed by atoms with Crippen LogP contribution in [0.5, 0.6) is 0 Å².